The first kappa shape index (κ1) is 19.5. The van der Waals surface area contributed by atoms with Crippen LogP contribution in [0.1, 0.15) is 12.8 Å². The number of carbonyl (C=O) groups excluding carboxylic acids is 1. The molecule has 7 heteroatoms. The molecule has 4 rings (SSSR count). The topological polar surface area (TPSA) is 48.5 Å². The molecule has 0 bridgehead atoms. The molecule has 1 aliphatic rings. The van der Waals surface area contributed by atoms with Gasteiger partial charge in [0.05, 0.1) is 5.52 Å². The second kappa shape index (κ2) is 8.25. The third kappa shape index (κ3) is 4.27. The number of piperidine rings is 1. The zero-order valence-corrected chi connectivity index (χ0v) is 16.9. The highest BCUT2D eigenvalue weighted by molar-refractivity contribution is 6.30. The van der Waals surface area contributed by atoms with Gasteiger partial charge in [-0.2, -0.15) is 0 Å². The summed E-state index contributed by atoms with van der Waals surface area (Å²) in [5, 5.41) is 4.36. The minimum absolute atomic E-state index is 0.137. The summed E-state index contributed by atoms with van der Waals surface area (Å²) in [6, 6.07) is 13.7. The second-order valence-electron chi connectivity index (χ2n) is 7.26. The Bertz CT molecular complexity index is 1020. The Morgan fingerprint density at radius 2 is 1.90 bits per heavy atom. The Morgan fingerprint density at radius 3 is 2.62 bits per heavy atom. The van der Waals surface area contributed by atoms with Crippen molar-refractivity contribution in [2.24, 2.45) is 0 Å². The van der Waals surface area contributed by atoms with Crippen LogP contribution in [0, 0.1) is 5.82 Å². The molecule has 2 heterocycles. The molecule has 2 aromatic carbocycles. The van der Waals surface area contributed by atoms with E-state index in [0.717, 1.165) is 42.5 Å². The fourth-order valence-electron chi connectivity index (χ4n) is 3.78. The molecule has 1 N–H and O–H groups in total. The molecule has 0 unspecified atom stereocenters. The number of pyridine rings is 1. The lowest BCUT2D eigenvalue weighted by Gasteiger charge is -2.38. The van der Waals surface area contributed by atoms with Gasteiger partial charge in [0.2, 0.25) is 0 Å². The van der Waals surface area contributed by atoms with Gasteiger partial charge in [-0.15, -0.1) is 0 Å². The third-order valence-electron chi connectivity index (χ3n) is 5.45. The van der Waals surface area contributed by atoms with Crippen molar-refractivity contribution in [2.45, 2.75) is 18.9 Å². The van der Waals surface area contributed by atoms with Gasteiger partial charge in [-0.1, -0.05) is 11.6 Å². The number of urea groups is 1. The molecule has 1 saturated heterocycles. The maximum Gasteiger partial charge on any atom is 0.321 e. The first-order chi connectivity index (χ1) is 14.0. The minimum atomic E-state index is -0.264. The zero-order chi connectivity index (χ0) is 20.4. The van der Waals surface area contributed by atoms with E-state index < -0.39 is 0 Å². The van der Waals surface area contributed by atoms with Crippen LogP contribution in [-0.4, -0.2) is 42.1 Å². The maximum atomic E-state index is 13.7. The lowest BCUT2D eigenvalue weighted by Crippen LogP contribution is -2.47. The number of benzene rings is 2. The number of aromatic nitrogens is 1. The summed E-state index contributed by atoms with van der Waals surface area (Å²) in [6.45, 7) is 1.58. The number of hydrogen-bond acceptors (Lipinski definition) is 3. The summed E-state index contributed by atoms with van der Waals surface area (Å²) in [7, 11) is 1.82. The molecular weight excluding hydrogens is 391 g/mol. The molecule has 2 amide bonds. The van der Waals surface area contributed by atoms with E-state index in [-0.39, 0.29) is 17.9 Å². The van der Waals surface area contributed by atoms with Crippen molar-refractivity contribution in [1.29, 1.82) is 0 Å². The van der Waals surface area contributed by atoms with E-state index in [1.54, 1.807) is 41.4 Å². The number of fused-ring (bicyclic) bond motifs is 1. The Labute approximate surface area is 174 Å². The van der Waals surface area contributed by atoms with Gasteiger partial charge in [-0.25, -0.2) is 9.18 Å². The monoisotopic (exact) mass is 412 g/mol. The van der Waals surface area contributed by atoms with Crippen LogP contribution in [-0.2, 0) is 0 Å². The third-order valence-corrected chi connectivity index (χ3v) is 5.70. The molecule has 0 atom stereocenters. The van der Waals surface area contributed by atoms with Gasteiger partial charge in [0, 0.05) is 54.2 Å². The van der Waals surface area contributed by atoms with Crippen LogP contribution in [0.4, 0.5) is 20.6 Å². The average Bonchev–Trinajstić information content (AvgIpc) is 2.74. The smallest absolute Gasteiger partial charge is 0.321 e. The Hall–Kier alpha value is -2.86. The number of rotatable bonds is 3. The van der Waals surface area contributed by atoms with Gasteiger partial charge in [-0.05, 0) is 61.4 Å². The normalized spacial score (nSPS) is 14.8. The summed E-state index contributed by atoms with van der Waals surface area (Å²) in [5.74, 6) is -0.264. The molecule has 1 aromatic heterocycles. The highest BCUT2D eigenvalue weighted by Gasteiger charge is 2.26. The predicted octanol–water partition coefficient (Wildman–Crippen LogP) is 5.16. The molecule has 0 saturated carbocycles. The largest absolute Gasteiger partial charge is 0.371 e. The number of hydrogen-bond donors (Lipinski definition) is 1. The second-order valence-corrected chi connectivity index (χ2v) is 7.69. The molecule has 3 aromatic rings. The molecule has 1 fully saturated rings. The van der Waals surface area contributed by atoms with E-state index in [0.29, 0.717) is 10.7 Å². The summed E-state index contributed by atoms with van der Waals surface area (Å²) >= 11 is 5.89. The van der Waals surface area contributed by atoms with E-state index in [2.05, 4.69) is 15.2 Å². The van der Waals surface area contributed by atoms with Gasteiger partial charge in [0.15, 0.2) is 0 Å². The number of halogens is 2. The van der Waals surface area contributed by atoms with Crippen molar-refractivity contribution in [2.75, 3.05) is 30.4 Å². The van der Waals surface area contributed by atoms with Gasteiger partial charge >= 0.3 is 6.03 Å². The molecule has 5 nitrogen and oxygen atoms in total. The van der Waals surface area contributed by atoms with Crippen molar-refractivity contribution in [3.63, 3.8) is 0 Å². The number of nitrogens with one attached hydrogen (secondary N) is 1. The Morgan fingerprint density at radius 1 is 1.17 bits per heavy atom. The van der Waals surface area contributed by atoms with Gasteiger partial charge in [0.25, 0.3) is 0 Å². The molecule has 150 valence electrons. The van der Waals surface area contributed by atoms with Crippen LogP contribution < -0.4 is 10.2 Å². The molecule has 0 aliphatic carbocycles. The molecule has 0 spiro atoms. The van der Waals surface area contributed by atoms with Crippen LogP contribution >= 0.6 is 11.6 Å². The van der Waals surface area contributed by atoms with Gasteiger partial charge in [0.1, 0.15) is 5.82 Å². The number of amides is 2. The lowest BCUT2D eigenvalue weighted by atomic mass is 10.0. The molecule has 1 aliphatic heterocycles. The van der Waals surface area contributed by atoms with Crippen molar-refractivity contribution >= 4 is 39.9 Å². The van der Waals surface area contributed by atoms with E-state index >= 15 is 0 Å². The number of carbonyl (C=O) groups is 1. The fourth-order valence-corrected chi connectivity index (χ4v) is 3.91. The Kier molecular flexibility index (Phi) is 5.53. The molecular formula is C22H22ClFN4O. The van der Waals surface area contributed by atoms with Crippen molar-refractivity contribution in [3.8, 4) is 0 Å². The maximum absolute atomic E-state index is 13.7. The first-order valence-electron chi connectivity index (χ1n) is 9.60. The lowest BCUT2D eigenvalue weighted by molar-refractivity contribution is 0.193. The van der Waals surface area contributed by atoms with Crippen LogP contribution in [0.15, 0.2) is 54.7 Å². The van der Waals surface area contributed by atoms with Crippen molar-refractivity contribution < 1.29 is 9.18 Å². The van der Waals surface area contributed by atoms with E-state index in [1.165, 1.54) is 12.1 Å². The van der Waals surface area contributed by atoms with Crippen molar-refractivity contribution in [1.82, 2.24) is 9.88 Å². The van der Waals surface area contributed by atoms with E-state index in [9.17, 15) is 9.18 Å². The Balaban J connectivity index is 1.41. The van der Waals surface area contributed by atoms with Gasteiger partial charge < -0.3 is 15.1 Å². The van der Waals surface area contributed by atoms with Gasteiger partial charge in [-0.3, -0.25) is 4.98 Å². The summed E-state index contributed by atoms with van der Waals surface area (Å²) < 4.78 is 13.7. The average molecular weight is 413 g/mol. The quantitative estimate of drug-likeness (QED) is 0.646. The van der Waals surface area contributed by atoms with Crippen molar-refractivity contribution in [3.05, 3.63) is 65.6 Å². The number of nitrogens with zero attached hydrogens (tertiary/aromatic N) is 3. The highest BCUT2D eigenvalue weighted by atomic mass is 35.5. The van der Waals surface area contributed by atoms with Crippen LogP contribution in [0.2, 0.25) is 5.02 Å². The van der Waals surface area contributed by atoms with Crippen LogP contribution in [0.3, 0.4) is 0 Å². The zero-order valence-electron chi connectivity index (χ0n) is 16.1. The predicted molar refractivity (Wildman–Crippen MR) is 115 cm³/mol. The minimum Gasteiger partial charge on any atom is -0.371 e. The summed E-state index contributed by atoms with van der Waals surface area (Å²) in [6.07, 6.45) is 3.43. The van der Waals surface area contributed by atoms with E-state index in [4.69, 9.17) is 11.6 Å². The SMILES string of the molecule is CN(C(=O)Nc1ccc(Cl)cc1)C1CCN(c2ccnc3ccc(F)cc23)CC1. The summed E-state index contributed by atoms with van der Waals surface area (Å²) in [5.41, 5.74) is 2.49. The highest BCUT2D eigenvalue weighted by Crippen LogP contribution is 2.29. The molecule has 0 radical (unpaired) electrons. The molecule has 29 heavy (non-hydrogen) atoms. The standard InChI is InChI=1S/C22H22ClFN4O/c1-27(22(29)26-17-5-2-15(23)3-6-17)18-9-12-28(13-10-18)21-8-11-25-20-7-4-16(24)14-19(20)21/h2-8,11,14,18H,9-10,12-13H2,1H3,(H,26,29). The fraction of sp³-hybridized carbons (Fsp3) is 0.273. The number of anilines is 2. The van der Waals surface area contributed by atoms with Crippen LogP contribution in [0.5, 0.6) is 0 Å². The van der Waals surface area contributed by atoms with Crippen LogP contribution in [0.25, 0.3) is 10.9 Å². The first-order valence-corrected chi connectivity index (χ1v) is 9.97. The summed E-state index contributed by atoms with van der Waals surface area (Å²) in [4.78, 5) is 20.9. The van der Waals surface area contributed by atoms with E-state index in [1.807, 2.05) is 13.1 Å².